The molecule has 0 aliphatic heterocycles. The van der Waals surface area contributed by atoms with E-state index in [0.29, 0.717) is 12.8 Å². The Bertz CT molecular complexity index is 542. The van der Waals surface area contributed by atoms with Crippen LogP contribution in [-0.2, 0) is 47.0 Å². The minimum Gasteiger partial charge on any atom is -0.381 e. The van der Waals surface area contributed by atoms with E-state index < -0.39 is 15.6 Å². The minimum atomic E-state index is -5.58. The van der Waals surface area contributed by atoms with E-state index in [2.05, 4.69) is 11.1 Å². The Morgan fingerprint density at radius 3 is 2.50 bits per heavy atom. The van der Waals surface area contributed by atoms with E-state index in [0.717, 1.165) is 12.8 Å². The van der Waals surface area contributed by atoms with Gasteiger partial charge >= 0.3 is 15.6 Å². The number of alkyl halides is 3. The number of allylic oxidation sites excluding steroid dienone is 2. The second-order valence-corrected chi connectivity index (χ2v) is 7.89. The topological polar surface area (TPSA) is 43.4 Å². The molecule has 0 bridgehead atoms. The Hall–Kier alpha value is 0.384. The van der Waals surface area contributed by atoms with Gasteiger partial charge in [0, 0.05) is 38.6 Å². The smallest absolute Gasteiger partial charge is 0.381 e. The first-order valence-corrected chi connectivity index (χ1v) is 8.44. The van der Waals surface area contributed by atoms with Gasteiger partial charge in [0.2, 0.25) is 0 Å². The summed E-state index contributed by atoms with van der Waals surface area (Å²) in [5.74, 6) is 0.115. The Morgan fingerprint density at radius 1 is 1.41 bits per heavy atom. The Labute approximate surface area is 155 Å². The van der Waals surface area contributed by atoms with Crippen LogP contribution in [0.2, 0.25) is 0 Å². The van der Waals surface area contributed by atoms with E-state index in [1.54, 1.807) is 0 Å². The van der Waals surface area contributed by atoms with Crippen LogP contribution in [0.25, 0.3) is 0 Å². The van der Waals surface area contributed by atoms with Gasteiger partial charge in [-0.25, -0.2) is 0 Å². The quantitative estimate of drug-likeness (QED) is 0.398. The van der Waals surface area contributed by atoms with Crippen LogP contribution >= 0.6 is 0 Å². The van der Waals surface area contributed by atoms with Crippen LogP contribution in [0.1, 0.15) is 39.5 Å². The van der Waals surface area contributed by atoms with Crippen molar-refractivity contribution in [1.29, 1.82) is 0 Å². The number of halogens is 3. The molecule has 1 fully saturated rings. The van der Waals surface area contributed by atoms with Gasteiger partial charge < -0.3 is 11.1 Å². The van der Waals surface area contributed by atoms with Crippen LogP contribution in [0.3, 0.4) is 0 Å². The first kappa shape index (κ1) is 20.4. The third-order valence-electron chi connectivity index (χ3n) is 4.96. The molecule has 2 aliphatic rings. The van der Waals surface area contributed by atoms with Crippen molar-refractivity contribution < 1.29 is 58.5 Å². The van der Waals surface area contributed by atoms with Crippen molar-refractivity contribution in [2.45, 2.75) is 45.0 Å². The normalized spacial score (nSPS) is 33.5. The predicted molar refractivity (Wildman–Crippen MR) is 72.2 cm³/mol. The van der Waals surface area contributed by atoms with Crippen molar-refractivity contribution >= 4 is 10.1 Å². The van der Waals surface area contributed by atoms with Crippen molar-refractivity contribution in [1.82, 2.24) is 0 Å². The summed E-state index contributed by atoms with van der Waals surface area (Å²) in [6.45, 7) is 8.03. The van der Waals surface area contributed by atoms with Crippen molar-refractivity contribution in [2.75, 3.05) is 0 Å². The summed E-state index contributed by atoms with van der Waals surface area (Å²) < 4.78 is 64.3. The minimum absolute atomic E-state index is 0. The van der Waals surface area contributed by atoms with Crippen LogP contribution in [0, 0.1) is 30.1 Å². The molecule has 0 heterocycles. The first-order chi connectivity index (χ1) is 9.49. The van der Waals surface area contributed by atoms with Gasteiger partial charge in [0.25, 0.3) is 0 Å². The molecular formula is C14H20F3O3SY-. The third kappa shape index (κ3) is 3.56. The van der Waals surface area contributed by atoms with E-state index in [4.69, 9.17) is 0 Å². The maximum atomic E-state index is 12.5. The second-order valence-electron chi connectivity index (χ2n) is 6.35. The van der Waals surface area contributed by atoms with Crippen molar-refractivity contribution in [2.24, 2.45) is 23.2 Å². The van der Waals surface area contributed by atoms with Crippen LogP contribution in [0.5, 0.6) is 0 Å². The fraction of sp³-hybridized carbons (Fsp3) is 0.786. The molecule has 1 saturated carbocycles. The molecule has 0 saturated heterocycles. The second kappa shape index (κ2) is 6.71. The molecule has 3 nitrogen and oxygen atoms in total. The SMILES string of the molecule is [CH2-][C@@H](C)[C@H]1CCC2C(OS(=O)(=O)C(F)(F)F)=CCC[C@@]21C.[Y]. The van der Waals surface area contributed by atoms with E-state index in [1.165, 1.54) is 6.08 Å². The van der Waals surface area contributed by atoms with E-state index in [1.807, 2.05) is 13.8 Å². The largest absolute Gasteiger partial charge is 0.534 e. The summed E-state index contributed by atoms with van der Waals surface area (Å²) in [7, 11) is -5.58. The van der Waals surface area contributed by atoms with Crippen LogP contribution in [0.4, 0.5) is 13.2 Å². The molecule has 125 valence electrons. The van der Waals surface area contributed by atoms with Crippen LogP contribution in [0.15, 0.2) is 11.8 Å². The summed E-state index contributed by atoms with van der Waals surface area (Å²) in [5, 5.41) is 0. The summed E-state index contributed by atoms with van der Waals surface area (Å²) in [6.07, 6.45) is 4.31. The summed E-state index contributed by atoms with van der Waals surface area (Å²) in [6, 6.07) is 0. The molecule has 1 unspecified atom stereocenters. The molecule has 2 rings (SSSR count). The zero-order chi connectivity index (χ0) is 16.1. The molecule has 0 aromatic carbocycles. The number of rotatable bonds is 3. The van der Waals surface area contributed by atoms with E-state index >= 15 is 0 Å². The molecule has 0 spiro atoms. The number of fused-ring (bicyclic) bond motifs is 1. The molecule has 1 radical (unpaired) electrons. The Morgan fingerprint density at radius 2 is 2.00 bits per heavy atom. The van der Waals surface area contributed by atoms with Gasteiger partial charge in [0.05, 0.1) is 0 Å². The van der Waals surface area contributed by atoms with E-state index in [9.17, 15) is 21.6 Å². The van der Waals surface area contributed by atoms with Crippen LogP contribution < -0.4 is 0 Å². The molecule has 0 aromatic rings. The number of hydrogen-bond acceptors (Lipinski definition) is 3. The molecule has 2 aliphatic carbocycles. The molecular weight excluding hydrogens is 394 g/mol. The molecule has 22 heavy (non-hydrogen) atoms. The van der Waals surface area contributed by atoms with Crippen molar-refractivity contribution in [3.8, 4) is 0 Å². The average molecular weight is 414 g/mol. The van der Waals surface area contributed by atoms with Gasteiger partial charge in [-0.1, -0.05) is 26.2 Å². The van der Waals surface area contributed by atoms with Gasteiger partial charge in [-0.05, 0) is 30.8 Å². The summed E-state index contributed by atoms with van der Waals surface area (Å²) in [4.78, 5) is 0. The number of hydrogen-bond donors (Lipinski definition) is 0. The summed E-state index contributed by atoms with van der Waals surface area (Å²) >= 11 is 0. The van der Waals surface area contributed by atoms with E-state index in [-0.39, 0.29) is 61.6 Å². The fourth-order valence-corrected chi connectivity index (χ4v) is 4.49. The molecule has 0 N–H and O–H groups in total. The fourth-order valence-electron chi connectivity index (χ4n) is 3.96. The average Bonchev–Trinajstić information content (AvgIpc) is 2.65. The monoisotopic (exact) mass is 414 g/mol. The molecule has 0 aromatic heterocycles. The van der Waals surface area contributed by atoms with Crippen LogP contribution in [-0.4, -0.2) is 13.9 Å². The van der Waals surface area contributed by atoms with Crippen molar-refractivity contribution in [3.05, 3.63) is 18.8 Å². The Balaban J connectivity index is 0.00000242. The standard InChI is InChI=1S/C14H20F3O3S.Y/c1-9(2)10-6-7-11-12(5-4-8-13(10,11)3)20-21(18,19)14(15,16)17;/h5,9-11H,1,4,6-8H2,2-3H3;/q-1;/t9-,10+,11?,13+;/m0./s1. The molecule has 0 amide bonds. The zero-order valence-corrected chi connectivity index (χ0v) is 16.3. The van der Waals surface area contributed by atoms with Gasteiger partial charge in [-0.2, -0.15) is 27.5 Å². The molecule has 4 atom stereocenters. The van der Waals surface area contributed by atoms with Gasteiger partial charge in [0.1, 0.15) is 5.76 Å². The molecule has 8 heteroatoms. The van der Waals surface area contributed by atoms with Gasteiger partial charge in [0.15, 0.2) is 0 Å². The van der Waals surface area contributed by atoms with Crippen molar-refractivity contribution in [3.63, 3.8) is 0 Å². The zero-order valence-electron chi connectivity index (χ0n) is 12.7. The first-order valence-electron chi connectivity index (χ1n) is 7.03. The summed E-state index contributed by atoms with van der Waals surface area (Å²) in [5.41, 5.74) is -5.63. The third-order valence-corrected chi connectivity index (χ3v) is 5.94. The van der Waals surface area contributed by atoms with Gasteiger partial charge in [-0.15, -0.1) is 0 Å². The Kier molecular flexibility index (Phi) is 6.23. The maximum Gasteiger partial charge on any atom is 0.534 e. The maximum absolute atomic E-state index is 12.5. The predicted octanol–water partition coefficient (Wildman–Crippen LogP) is 4.03. The van der Waals surface area contributed by atoms with Gasteiger partial charge in [-0.3, -0.25) is 0 Å².